The summed E-state index contributed by atoms with van der Waals surface area (Å²) in [6.45, 7) is 1.70. The van der Waals surface area contributed by atoms with Gasteiger partial charge in [-0.15, -0.1) is 0 Å². The maximum atomic E-state index is 5.74. The largest absolute Gasteiger partial charge is 0.497 e. The van der Waals surface area contributed by atoms with Crippen molar-refractivity contribution < 1.29 is 4.74 Å². The van der Waals surface area contributed by atoms with E-state index in [1.807, 2.05) is 0 Å². The Morgan fingerprint density at radius 2 is 2.29 bits per heavy atom. The van der Waals surface area contributed by atoms with Gasteiger partial charge in [0.05, 0.1) is 7.11 Å². The number of hydrogen-bond donors (Lipinski definition) is 1. The molecule has 0 aromatic heterocycles. The van der Waals surface area contributed by atoms with E-state index in [-0.39, 0.29) is 0 Å². The third-order valence-corrected chi connectivity index (χ3v) is 4.19. The van der Waals surface area contributed by atoms with Gasteiger partial charge in [-0.25, -0.2) is 0 Å². The van der Waals surface area contributed by atoms with E-state index < -0.39 is 0 Å². The van der Waals surface area contributed by atoms with Gasteiger partial charge in [-0.3, -0.25) is 0 Å². The molecule has 0 radical (unpaired) electrons. The van der Waals surface area contributed by atoms with Crippen LogP contribution in [0.2, 0.25) is 0 Å². The number of methoxy groups -OCH3 is 1. The van der Waals surface area contributed by atoms with Crippen molar-refractivity contribution in [3.63, 3.8) is 0 Å². The van der Waals surface area contributed by atoms with E-state index in [0.717, 1.165) is 18.8 Å². The van der Waals surface area contributed by atoms with Crippen LogP contribution in [0.1, 0.15) is 30.7 Å². The Labute approximate surface area is 103 Å². The minimum Gasteiger partial charge on any atom is -0.497 e. The van der Waals surface area contributed by atoms with Crippen LogP contribution in [0.3, 0.4) is 0 Å². The summed E-state index contributed by atoms with van der Waals surface area (Å²) < 4.78 is 5.34. The van der Waals surface area contributed by atoms with Crippen LogP contribution in [0.4, 0.5) is 5.69 Å². The second-order valence-corrected chi connectivity index (χ2v) is 5.01. The van der Waals surface area contributed by atoms with Gasteiger partial charge >= 0.3 is 0 Å². The van der Waals surface area contributed by atoms with Crippen LogP contribution in [0.15, 0.2) is 18.2 Å². The Hall–Kier alpha value is -1.22. The molecule has 0 amide bonds. The number of fused-ring (bicyclic) bond motifs is 3. The van der Waals surface area contributed by atoms with Crippen LogP contribution in [-0.2, 0) is 0 Å². The highest BCUT2D eigenvalue weighted by molar-refractivity contribution is 5.64. The molecule has 0 saturated heterocycles. The standard InChI is InChI=1S/C14H20N2O/c1-17-10-5-6-14-12(9-10)11-3-2-4-13(11)16(14)8-7-15/h5-6,9,11,13H,2-4,7-8,15H2,1H3. The topological polar surface area (TPSA) is 38.5 Å². The summed E-state index contributed by atoms with van der Waals surface area (Å²) in [5, 5.41) is 0. The fraction of sp³-hybridized carbons (Fsp3) is 0.571. The number of ether oxygens (including phenoxy) is 1. The summed E-state index contributed by atoms with van der Waals surface area (Å²) >= 11 is 0. The first kappa shape index (κ1) is 10.9. The van der Waals surface area contributed by atoms with Crippen LogP contribution in [0.5, 0.6) is 5.75 Å². The van der Waals surface area contributed by atoms with Gasteiger partial charge in [0.1, 0.15) is 5.75 Å². The van der Waals surface area contributed by atoms with E-state index in [1.54, 1.807) is 7.11 Å². The van der Waals surface area contributed by atoms with Crippen molar-refractivity contribution in [2.75, 3.05) is 25.1 Å². The Bertz CT molecular complexity index is 419. The molecule has 17 heavy (non-hydrogen) atoms. The second kappa shape index (κ2) is 4.22. The molecular formula is C14H20N2O. The highest BCUT2D eigenvalue weighted by Gasteiger charge is 2.40. The third-order valence-electron chi connectivity index (χ3n) is 4.19. The predicted molar refractivity (Wildman–Crippen MR) is 69.8 cm³/mol. The van der Waals surface area contributed by atoms with Crippen molar-refractivity contribution in [3.8, 4) is 5.75 Å². The number of nitrogens with zero attached hydrogens (tertiary/aromatic N) is 1. The number of anilines is 1. The van der Waals surface area contributed by atoms with Crippen LogP contribution in [0, 0.1) is 0 Å². The Morgan fingerprint density at radius 3 is 3.06 bits per heavy atom. The fourth-order valence-electron chi connectivity index (χ4n) is 3.50. The molecule has 1 heterocycles. The molecule has 1 saturated carbocycles. The minimum absolute atomic E-state index is 0.681. The van der Waals surface area contributed by atoms with E-state index in [9.17, 15) is 0 Å². The summed E-state index contributed by atoms with van der Waals surface area (Å²) in [4.78, 5) is 2.51. The number of rotatable bonds is 3. The summed E-state index contributed by atoms with van der Waals surface area (Å²) in [5.74, 6) is 1.68. The molecular weight excluding hydrogens is 212 g/mol. The summed E-state index contributed by atoms with van der Waals surface area (Å²) in [6, 6.07) is 7.15. The molecule has 3 heteroatoms. The van der Waals surface area contributed by atoms with Crippen molar-refractivity contribution in [1.82, 2.24) is 0 Å². The molecule has 3 rings (SSSR count). The van der Waals surface area contributed by atoms with Gasteiger partial charge in [0.25, 0.3) is 0 Å². The summed E-state index contributed by atoms with van der Waals surface area (Å²) in [5.41, 5.74) is 8.59. The van der Waals surface area contributed by atoms with E-state index in [4.69, 9.17) is 10.5 Å². The summed E-state index contributed by atoms with van der Waals surface area (Å²) in [7, 11) is 1.74. The highest BCUT2D eigenvalue weighted by atomic mass is 16.5. The fourth-order valence-corrected chi connectivity index (χ4v) is 3.50. The molecule has 2 aliphatic rings. The lowest BCUT2D eigenvalue weighted by Gasteiger charge is -2.26. The molecule has 3 nitrogen and oxygen atoms in total. The zero-order valence-electron chi connectivity index (χ0n) is 10.4. The Morgan fingerprint density at radius 1 is 1.41 bits per heavy atom. The number of benzene rings is 1. The van der Waals surface area contributed by atoms with Gasteiger partial charge in [0.15, 0.2) is 0 Å². The first-order chi connectivity index (χ1) is 8.35. The van der Waals surface area contributed by atoms with Crippen molar-refractivity contribution in [2.24, 2.45) is 5.73 Å². The van der Waals surface area contributed by atoms with E-state index in [2.05, 4.69) is 23.1 Å². The van der Waals surface area contributed by atoms with Crippen LogP contribution >= 0.6 is 0 Å². The van der Waals surface area contributed by atoms with Crippen LogP contribution in [-0.4, -0.2) is 26.2 Å². The molecule has 1 aromatic rings. The molecule has 2 unspecified atom stereocenters. The molecule has 1 aromatic carbocycles. The normalized spacial score (nSPS) is 25.9. The van der Waals surface area contributed by atoms with Gasteiger partial charge in [-0.2, -0.15) is 0 Å². The SMILES string of the molecule is COc1ccc2c(c1)C1CCCC1N2CCN. The lowest BCUT2D eigenvalue weighted by atomic mass is 9.97. The molecule has 0 bridgehead atoms. The first-order valence-electron chi connectivity index (χ1n) is 6.50. The minimum atomic E-state index is 0.681. The second-order valence-electron chi connectivity index (χ2n) is 5.01. The van der Waals surface area contributed by atoms with Crippen molar-refractivity contribution in [3.05, 3.63) is 23.8 Å². The quantitative estimate of drug-likeness (QED) is 0.867. The predicted octanol–water partition coefficient (Wildman–Crippen LogP) is 2.11. The number of hydrogen-bond acceptors (Lipinski definition) is 3. The smallest absolute Gasteiger partial charge is 0.119 e. The lowest BCUT2D eigenvalue weighted by Crippen LogP contribution is -2.35. The molecule has 92 valence electrons. The molecule has 0 spiro atoms. The van der Waals surface area contributed by atoms with Gasteiger partial charge in [0, 0.05) is 30.7 Å². The Kier molecular flexibility index (Phi) is 2.71. The van der Waals surface area contributed by atoms with Crippen molar-refractivity contribution >= 4 is 5.69 Å². The maximum absolute atomic E-state index is 5.74. The van der Waals surface area contributed by atoms with E-state index in [0.29, 0.717) is 12.0 Å². The first-order valence-corrected chi connectivity index (χ1v) is 6.50. The van der Waals surface area contributed by atoms with Gasteiger partial charge in [0.2, 0.25) is 0 Å². The van der Waals surface area contributed by atoms with E-state index >= 15 is 0 Å². The van der Waals surface area contributed by atoms with Gasteiger partial charge in [-0.1, -0.05) is 6.42 Å². The lowest BCUT2D eigenvalue weighted by molar-refractivity contribution is 0.414. The maximum Gasteiger partial charge on any atom is 0.119 e. The molecule has 1 aliphatic heterocycles. The summed E-state index contributed by atoms with van der Waals surface area (Å²) in [6.07, 6.45) is 3.96. The zero-order valence-corrected chi connectivity index (χ0v) is 10.4. The van der Waals surface area contributed by atoms with Gasteiger partial charge < -0.3 is 15.4 Å². The molecule has 1 aliphatic carbocycles. The third kappa shape index (κ3) is 1.61. The molecule has 2 atom stereocenters. The van der Waals surface area contributed by atoms with Crippen molar-refractivity contribution in [2.45, 2.75) is 31.2 Å². The van der Waals surface area contributed by atoms with Crippen LogP contribution in [0.25, 0.3) is 0 Å². The number of nitrogens with two attached hydrogens (primary N) is 1. The average molecular weight is 232 g/mol. The monoisotopic (exact) mass is 232 g/mol. The van der Waals surface area contributed by atoms with E-state index in [1.165, 1.54) is 30.5 Å². The highest BCUT2D eigenvalue weighted by Crippen LogP contribution is 2.49. The molecule has 1 fully saturated rings. The zero-order chi connectivity index (χ0) is 11.8. The molecule has 2 N–H and O–H groups in total. The average Bonchev–Trinajstić information content (AvgIpc) is 2.92. The van der Waals surface area contributed by atoms with Crippen LogP contribution < -0.4 is 15.4 Å². The Balaban J connectivity index is 2.01. The van der Waals surface area contributed by atoms with Gasteiger partial charge in [-0.05, 0) is 36.6 Å². The van der Waals surface area contributed by atoms with Crippen molar-refractivity contribution in [1.29, 1.82) is 0 Å².